The number of likely N-dealkylation sites (tertiary alicyclic amines) is 1. The molecule has 98 valence electrons. The van der Waals surface area contributed by atoms with Crippen LogP contribution in [-0.2, 0) is 11.3 Å². The Morgan fingerprint density at radius 2 is 2.06 bits per heavy atom. The third-order valence-corrected chi connectivity index (χ3v) is 4.03. The van der Waals surface area contributed by atoms with Gasteiger partial charge in [-0.3, -0.25) is 9.88 Å². The number of methoxy groups -OCH3 is 1. The minimum Gasteiger partial charge on any atom is -0.391 e. The van der Waals surface area contributed by atoms with Crippen molar-refractivity contribution in [3.05, 3.63) is 30.1 Å². The molecule has 2 heterocycles. The number of pyridine rings is 1. The Balaban J connectivity index is 1.93. The Hall–Kier alpha value is -1.04. The third kappa shape index (κ3) is 2.85. The molecule has 1 aromatic rings. The molecule has 1 saturated heterocycles. The summed E-state index contributed by atoms with van der Waals surface area (Å²) in [6.45, 7) is 2.85. The van der Waals surface area contributed by atoms with Gasteiger partial charge in [-0.15, -0.1) is 0 Å². The molecule has 0 saturated carbocycles. The second-order valence-corrected chi connectivity index (χ2v) is 5.13. The topological polar surface area (TPSA) is 51.4 Å². The lowest BCUT2D eigenvalue weighted by Gasteiger charge is -2.40. The van der Waals surface area contributed by atoms with Crippen LogP contribution >= 0.6 is 12.2 Å². The zero-order chi connectivity index (χ0) is 13.0. The van der Waals surface area contributed by atoms with Gasteiger partial charge in [0.05, 0.1) is 0 Å². The Kier molecular flexibility index (Phi) is 4.27. The van der Waals surface area contributed by atoms with Crippen molar-refractivity contribution >= 4 is 17.2 Å². The van der Waals surface area contributed by atoms with Gasteiger partial charge in [-0.1, -0.05) is 12.2 Å². The maximum absolute atomic E-state index is 5.79. The summed E-state index contributed by atoms with van der Waals surface area (Å²) in [7, 11) is 1.69. The smallest absolute Gasteiger partial charge is 0.120 e. The fourth-order valence-electron chi connectivity index (χ4n) is 2.37. The molecular formula is C13H19N3OS. The van der Waals surface area contributed by atoms with Crippen LogP contribution < -0.4 is 5.73 Å². The van der Waals surface area contributed by atoms with Gasteiger partial charge in [-0.25, -0.2) is 0 Å². The molecule has 0 unspecified atom stereocenters. The Labute approximate surface area is 113 Å². The van der Waals surface area contributed by atoms with Crippen LogP contribution in [-0.4, -0.2) is 40.7 Å². The highest BCUT2D eigenvalue weighted by molar-refractivity contribution is 7.80. The van der Waals surface area contributed by atoms with E-state index >= 15 is 0 Å². The molecule has 1 aliphatic rings. The van der Waals surface area contributed by atoms with Crippen molar-refractivity contribution in [1.82, 2.24) is 9.88 Å². The summed E-state index contributed by atoms with van der Waals surface area (Å²) in [6, 6.07) is 4.09. The number of ether oxygens (including phenoxy) is 1. The highest BCUT2D eigenvalue weighted by atomic mass is 32.1. The van der Waals surface area contributed by atoms with Crippen molar-refractivity contribution in [2.24, 2.45) is 5.73 Å². The summed E-state index contributed by atoms with van der Waals surface area (Å²) in [5, 5.41) is 0. The van der Waals surface area contributed by atoms with Crippen molar-refractivity contribution in [2.75, 3.05) is 20.2 Å². The first-order valence-corrected chi connectivity index (χ1v) is 6.53. The Morgan fingerprint density at radius 1 is 1.44 bits per heavy atom. The van der Waals surface area contributed by atoms with Gasteiger partial charge in [0.1, 0.15) is 10.6 Å². The Bertz CT molecular complexity index is 402. The van der Waals surface area contributed by atoms with Gasteiger partial charge in [0.2, 0.25) is 0 Å². The quantitative estimate of drug-likeness (QED) is 0.833. The molecule has 0 amide bonds. The molecule has 1 aliphatic heterocycles. The molecule has 2 N–H and O–H groups in total. The van der Waals surface area contributed by atoms with E-state index in [1.807, 2.05) is 24.5 Å². The van der Waals surface area contributed by atoms with Crippen molar-refractivity contribution in [3.63, 3.8) is 0 Å². The van der Waals surface area contributed by atoms with E-state index in [1.165, 1.54) is 5.56 Å². The molecule has 0 spiro atoms. The summed E-state index contributed by atoms with van der Waals surface area (Å²) >= 11 is 5.12. The molecule has 0 aromatic carbocycles. The highest BCUT2D eigenvalue weighted by Gasteiger charge is 2.37. The van der Waals surface area contributed by atoms with Crippen LogP contribution in [0.25, 0.3) is 0 Å². The second-order valence-electron chi connectivity index (χ2n) is 4.69. The van der Waals surface area contributed by atoms with Crippen LogP contribution in [0.3, 0.4) is 0 Å². The zero-order valence-electron chi connectivity index (χ0n) is 10.6. The molecule has 0 aliphatic carbocycles. The summed E-state index contributed by atoms with van der Waals surface area (Å²) in [5.41, 5.74) is 6.67. The van der Waals surface area contributed by atoms with E-state index in [-0.39, 0.29) is 0 Å². The fourth-order valence-corrected chi connectivity index (χ4v) is 2.66. The molecule has 0 atom stereocenters. The van der Waals surface area contributed by atoms with Crippen molar-refractivity contribution < 1.29 is 4.74 Å². The van der Waals surface area contributed by atoms with Crippen molar-refractivity contribution in [1.29, 1.82) is 0 Å². The predicted molar refractivity (Wildman–Crippen MR) is 75.3 cm³/mol. The van der Waals surface area contributed by atoms with Crippen molar-refractivity contribution in [2.45, 2.75) is 25.0 Å². The minimum absolute atomic E-state index is 0.399. The number of nitrogens with two attached hydrogens (primary N) is 1. The lowest BCUT2D eigenvalue weighted by Crippen LogP contribution is -2.52. The molecular weight excluding hydrogens is 246 g/mol. The first-order valence-electron chi connectivity index (χ1n) is 6.12. The van der Waals surface area contributed by atoms with E-state index in [0.29, 0.717) is 4.99 Å². The number of piperidine rings is 1. The second kappa shape index (κ2) is 5.73. The molecule has 1 fully saturated rings. The largest absolute Gasteiger partial charge is 0.391 e. The van der Waals surface area contributed by atoms with Crippen LogP contribution in [0.15, 0.2) is 24.5 Å². The van der Waals surface area contributed by atoms with Crippen LogP contribution in [0.5, 0.6) is 0 Å². The van der Waals surface area contributed by atoms with E-state index in [9.17, 15) is 0 Å². The van der Waals surface area contributed by atoms with Gasteiger partial charge in [0, 0.05) is 39.1 Å². The Morgan fingerprint density at radius 3 is 2.56 bits per heavy atom. The maximum atomic E-state index is 5.79. The summed E-state index contributed by atoms with van der Waals surface area (Å²) in [5.74, 6) is 0. The average molecular weight is 265 g/mol. The van der Waals surface area contributed by atoms with Crippen LogP contribution in [0.2, 0.25) is 0 Å². The van der Waals surface area contributed by atoms with E-state index < -0.39 is 5.60 Å². The number of rotatable bonds is 4. The fraction of sp³-hybridized carbons (Fsp3) is 0.538. The van der Waals surface area contributed by atoms with E-state index in [2.05, 4.69) is 9.88 Å². The third-order valence-electron chi connectivity index (χ3n) is 3.66. The molecule has 1 aromatic heterocycles. The van der Waals surface area contributed by atoms with Gasteiger partial charge in [0.25, 0.3) is 0 Å². The van der Waals surface area contributed by atoms with E-state index in [4.69, 9.17) is 22.7 Å². The molecule has 5 heteroatoms. The monoisotopic (exact) mass is 265 g/mol. The molecule has 0 bridgehead atoms. The van der Waals surface area contributed by atoms with Crippen LogP contribution in [0.4, 0.5) is 0 Å². The van der Waals surface area contributed by atoms with Gasteiger partial charge in [-0.2, -0.15) is 0 Å². The summed E-state index contributed by atoms with van der Waals surface area (Å²) in [6.07, 6.45) is 5.38. The molecule has 4 nitrogen and oxygen atoms in total. The van der Waals surface area contributed by atoms with Crippen molar-refractivity contribution in [3.8, 4) is 0 Å². The van der Waals surface area contributed by atoms with Gasteiger partial charge in [0.15, 0.2) is 0 Å². The van der Waals surface area contributed by atoms with E-state index in [1.54, 1.807) is 7.11 Å². The first kappa shape index (κ1) is 13.4. The summed E-state index contributed by atoms with van der Waals surface area (Å²) in [4.78, 5) is 6.90. The number of hydrogen-bond acceptors (Lipinski definition) is 4. The first-order chi connectivity index (χ1) is 8.66. The van der Waals surface area contributed by atoms with Crippen LogP contribution in [0.1, 0.15) is 18.4 Å². The van der Waals surface area contributed by atoms with Gasteiger partial charge < -0.3 is 10.5 Å². The SMILES string of the molecule is COC1(C(N)=S)CCN(Cc2ccncc2)CC1. The predicted octanol–water partition coefficient (Wildman–Crippen LogP) is 1.35. The maximum Gasteiger partial charge on any atom is 0.120 e. The van der Waals surface area contributed by atoms with Gasteiger partial charge in [-0.05, 0) is 30.5 Å². The number of nitrogens with zero attached hydrogens (tertiary/aromatic N) is 2. The lowest BCUT2D eigenvalue weighted by atomic mass is 9.91. The zero-order valence-corrected chi connectivity index (χ0v) is 11.4. The molecule has 18 heavy (non-hydrogen) atoms. The summed E-state index contributed by atoms with van der Waals surface area (Å²) < 4.78 is 5.54. The molecule has 0 radical (unpaired) electrons. The van der Waals surface area contributed by atoms with Crippen LogP contribution in [0, 0.1) is 0 Å². The highest BCUT2D eigenvalue weighted by Crippen LogP contribution is 2.26. The average Bonchev–Trinajstić information content (AvgIpc) is 2.41. The standard InChI is InChI=1S/C13H19N3OS/c1-17-13(12(14)18)4-8-16(9-5-13)10-11-2-6-15-7-3-11/h2-3,6-7H,4-5,8-10H2,1H3,(H2,14,18). The number of hydrogen-bond donors (Lipinski definition) is 1. The lowest BCUT2D eigenvalue weighted by molar-refractivity contribution is -0.00527. The number of aromatic nitrogens is 1. The van der Waals surface area contributed by atoms with E-state index in [0.717, 1.165) is 32.5 Å². The number of thiocarbonyl (C=S) groups is 1. The van der Waals surface area contributed by atoms with Gasteiger partial charge >= 0.3 is 0 Å². The minimum atomic E-state index is -0.399. The molecule has 2 rings (SSSR count). The normalized spacial score (nSPS) is 19.6.